The van der Waals surface area contributed by atoms with E-state index in [1.807, 2.05) is 56.3 Å². The van der Waals surface area contributed by atoms with Crippen LogP contribution in [0.15, 0.2) is 65.5 Å². The molecule has 3 aromatic rings. The second-order valence-electron chi connectivity index (χ2n) is 6.76. The number of aryl methyl sites for hydroxylation is 2. The molecule has 0 spiro atoms. The van der Waals surface area contributed by atoms with Crippen molar-refractivity contribution in [3.8, 4) is 11.3 Å². The summed E-state index contributed by atoms with van der Waals surface area (Å²) in [6.45, 7) is 4.50. The summed E-state index contributed by atoms with van der Waals surface area (Å²) in [7, 11) is 1.74. The van der Waals surface area contributed by atoms with Gasteiger partial charge in [0, 0.05) is 25.2 Å². The molecule has 5 heteroatoms. The average Bonchev–Trinajstić information content (AvgIpc) is 2.66. The number of nitrogens with zero attached hydrogens (tertiary/aromatic N) is 3. The predicted molar refractivity (Wildman–Crippen MR) is 106 cm³/mol. The van der Waals surface area contributed by atoms with Gasteiger partial charge in [0.15, 0.2) is 0 Å². The van der Waals surface area contributed by atoms with E-state index < -0.39 is 0 Å². The molecule has 0 bridgehead atoms. The highest BCUT2D eigenvalue weighted by atomic mass is 16.2. The minimum absolute atomic E-state index is 0.0824. The smallest absolute Gasteiger partial charge is 0.267 e. The third-order valence-electron chi connectivity index (χ3n) is 4.55. The Hall–Kier alpha value is -3.21. The van der Waals surface area contributed by atoms with Crippen LogP contribution in [-0.4, -0.2) is 27.6 Å². The van der Waals surface area contributed by atoms with Crippen molar-refractivity contribution < 1.29 is 4.79 Å². The van der Waals surface area contributed by atoms with E-state index in [1.54, 1.807) is 18.0 Å². The van der Waals surface area contributed by atoms with Gasteiger partial charge >= 0.3 is 0 Å². The summed E-state index contributed by atoms with van der Waals surface area (Å²) in [5.41, 5.74) is 4.72. The van der Waals surface area contributed by atoms with Crippen molar-refractivity contribution in [2.24, 2.45) is 0 Å². The van der Waals surface area contributed by atoms with Gasteiger partial charge in [-0.2, -0.15) is 5.10 Å². The first-order valence-electron chi connectivity index (χ1n) is 8.88. The number of hydrogen-bond donors (Lipinski definition) is 0. The van der Waals surface area contributed by atoms with Gasteiger partial charge in [-0.05, 0) is 31.0 Å². The first-order valence-corrected chi connectivity index (χ1v) is 8.88. The fourth-order valence-electron chi connectivity index (χ4n) is 2.94. The monoisotopic (exact) mass is 361 g/mol. The largest absolute Gasteiger partial charge is 0.340 e. The van der Waals surface area contributed by atoms with Crippen molar-refractivity contribution in [2.75, 3.05) is 7.05 Å². The fraction of sp³-hybridized carbons (Fsp3) is 0.227. The molecule has 0 aliphatic carbocycles. The van der Waals surface area contributed by atoms with Gasteiger partial charge in [-0.3, -0.25) is 9.59 Å². The quantitative estimate of drug-likeness (QED) is 0.701. The fourth-order valence-corrected chi connectivity index (χ4v) is 2.94. The molecule has 0 radical (unpaired) electrons. The standard InChI is InChI=1S/C22H23N3O2/c1-16-9-10-19(17(2)13-16)14-24(3)22(27)15-25-21(26)12-11-20(23-25)18-7-5-4-6-8-18/h4-13H,14-15H2,1-3H3. The number of amides is 1. The van der Waals surface area contributed by atoms with Crippen molar-refractivity contribution in [3.05, 3.63) is 87.7 Å². The maximum atomic E-state index is 12.6. The summed E-state index contributed by atoms with van der Waals surface area (Å²) in [5.74, 6) is -0.158. The van der Waals surface area contributed by atoms with E-state index in [1.165, 1.54) is 16.3 Å². The minimum Gasteiger partial charge on any atom is -0.340 e. The molecule has 27 heavy (non-hydrogen) atoms. The van der Waals surface area contributed by atoms with Crippen LogP contribution in [0.4, 0.5) is 0 Å². The lowest BCUT2D eigenvalue weighted by atomic mass is 10.1. The van der Waals surface area contributed by atoms with E-state index in [-0.39, 0.29) is 18.0 Å². The molecule has 0 N–H and O–H groups in total. The third kappa shape index (κ3) is 4.50. The molecular weight excluding hydrogens is 338 g/mol. The Labute approximate surface area is 158 Å². The molecule has 2 aromatic carbocycles. The van der Waals surface area contributed by atoms with Crippen LogP contribution < -0.4 is 5.56 Å². The molecule has 3 rings (SSSR count). The zero-order valence-electron chi connectivity index (χ0n) is 15.8. The number of benzene rings is 2. The van der Waals surface area contributed by atoms with Crippen LogP contribution in [0.1, 0.15) is 16.7 Å². The maximum absolute atomic E-state index is 12.6. The van der Waals surface area contributed by atoms with Crippen molar-refractivity contribution >= 4 is 5.91 Å². The molecule has 0 aliphatic rings. The van der Waals surface area contributed by atoms with Crippen molar-refractivity contribution in [1.82, 2.24) is 14.7 Å². The first-order chi connectivity index (χ1) is 12.9. The summed E-state index contributed by atoms with van der Waals surface area (Å²) < 4.78 is 1.23. The van der Waals surface area contributed by atoms with Gasteiger partial charge in [0.05, 0.1) is 5.69 Å². The predicted octanol–water partition coefficient (Wildman–Crippen LogP) is 3.19. The Morgan fingerprint density at radius 2 is 1.78 bits per heavy atom. The number of carbonyl (C=O) groups is 1. The van der Waals surface area contributed by atoms with E-state index in [9.17, 15) is 9.59 Å². The highest BCUT2D eigenvalue weighted by molar-refractivity contribution is 5.75. The molecule has 0 aliphatic heterocycles. The molecule has 0 saturated carbocycles. The van der Waals surface area contributed by atoms with E-state index in [0.29, 0.717) is 12.2 Å². The molecule has 5 nitrogen and oxygen atoms in total. The van der Waals surface area contributed by atoms with E-state index >= 15 is 0 Å². The summed E-state index contributed by atoms with van der Waals surface area (Å²) in [6, 6.07) is 18.9. The van der Waals surface area contributed by atoms with E-state index in [0.717, 1.165) is 16.7 Å². The van der Waals surface area contributed by atoms with E-state index in [2.05, 4.69) is 11.2 Å². The Morgan fingerprint density at radius 3 is 2.48 bits per heavy atom. The van der Waals surface area contributed by atoms with Crippen molar-refractivity contribution in [3.63, 3.8) is 0 Å². The van der Waals surface area contributed by atoms with Gasteiger partial charge in [0.2, 0.25) is 5.91 Å². The summed E-state index contributed by atoms with van der Waals surface area (Å²) >= 11 is 0. The maximum Gasteiger partial charge on any atom is 0.267 e. The second kappa shape index (κ2) is 7.99. The summed E-state index contributed by atoms with van der Waals surface area (Å²) in [4.78, 5) is 26.4. The Kier molecular flexibility index (Phi) is 5.50. The Balaban J connectivity index is 1.76. The zero-order valence-corrected chi connectivity index (χ0v) is 15.8. The first kappa shape index (κ1) is 18.6. The molecule has 1 amide bonds. The van der Waals surface area contributed by atoms with Crippen molar-refractivity contribution in [2.45, 2.75) is 26.9 Å². The van der Waals surface area contributed by atoms with Gasteiger partial charge < -0.3 is 4.90 Å². The average molecular weight is 361 g/mol. The zero-order chi connectivity index (χ0) is 19.4. The third-order valence-corrected chi connectivity index (χ3v) is 4.55. The number of likely N-dealkylation sites (N-methyl/N-ethyl adjacent to an activating group) is 1. The van der Waals surface area contributed by atoms with Gasteiger partial charge in [-0.25, -0.2) is 4.68 Å². The summed E-state index contributed by atoms with van der Waals surface area (Å²) in [6.07, 6.45) is 0. The van der Waals surface area contributed by atoms with Crippen LogP contribution in [0.3, 0.4) is 0 Å². The Morgan fingerprint density at radius 1 is 1.04 bits per heavy atom. The SMILES string of the molecule is Cc1ccc(CN(C)C(=O)Cn2nc(-c3ccccc3)ccc2=O)c(C)c1. The van der Waals surface area contributed by atoms with Crippen LogP contribution in [0.2, 0.25) is 0 Å². The Bertz CT molecular complexity index is 1010. The van der Waals surface area contributed by atoms with Gasteiger partial charge in [-0.1, -0.05) is 54.1 Å². The molecule has 1 heterocycles. The van der Waals surface area contributed by atoms with Gasteiger partial charge in [0.25, 0.3) is 5.56 Å². The molecule has 0 fully saturated rings. The molecule has 0 atom stereocenters. The van der Waals surface area contributed by atoms with Crippen LogP contribution in [0.25, 0.3) is 11.3 Å². The molecule has 0 unspecified atom stereocenters. The van der Waals surface area contributed by atoms with Crippen molar-refractivity contribution in [1.29, 1.82) is 0 Å². The van der Waals surface area contributed by atoms with Gasteiger partial charge in [-0.15, -0.1) is 0 Å². The molecule has 1 aromatic heterocycles. The number of hydrogen-bond acceptors (Lipinski definition) is 3. The minimum atomic E-state index is -0.289. The van der Waals surface area contributed by atoms with Gasteiger partial charge in [0.1, 0.15) is 6.54 Å². The number of rotatable bonds is 5. The van der Waals surface area contributed by atoms with Crippen LogP contribution >= 0.6 is 0 Å². The van der Waals surface area contributed by atoms with E-state index in [4.69, 9.17) is 0 Å². The topological polar surface area (TPSA) is 55.2 Å². The normalized spacial score (nSPS) is 10.6. The summed E-state index contributed by atoms with van der Waals surface area (Å²) in [5, 5.41) is 4.36. The second-order valence-corrected chi connectivity index (χ2v) is 6.76. The number of carbonyl (C=O) groups excluding carboxylic acids is 1. The lowest BCUT2D eigenvalue weighted by molar-refractivity contribution is -0.131. The highest BCUT2D eigenvalue weighted by Crippen LogP contribution is 2.15. The van der Waals surface area contributed by atoms with Crippen LogP contribution in [0, 0.1) is 13.8 Å². The lowest BCUT2D eigenvalue weighted by Crippen LogP contribution is -2.34. The van der Waals surface area contributed by atoms with Crippen LogP contribution in [-0.2, 0) is 17.9 Å². The van der Waals surface area contributed by atoms with Crippen LogP contribution in [0.5, 0.6) is 0 Å². The lowest BCUT2D eigenvalue weighted by Gasteiger charge is -2.19. The molecule has 138 valence electrons. The highest BCUT2D eigenvalue weighted by Gasteiger charge is 2.13. The molecular formula is C22H23N3O2. The molecule has 0 saturated heterocycles. The number of aromatic nitrogens is 2.